The summed E-state index contributed by atoms with van der Waals surface area (Å²) in [6.07, 6.45) is -0.220. The summed E-state index contributed by atoms with van der Waals surface area (Å²) in [5.74, 6) is -0.735. The molecule has 6 heteroatoms. The lowest BCUT2D eigenvalue weighted by atomic mass is 9.90. The molecule has 21 heavy (non-hydrogen) atoms. The molecule has 1 fully saturated rings. The maximum atomic E-state index is 11.0. The van der Waals surface area contributed by atoms with Gasteiger partial charge in [0, 0.05) is 11.6 Å². The normalized spacial score (nSPS) is 20.1. The third-order valence-corrected chi connectivity index (χ3v) is 4.31. The van der Waals surface area contributed by atoms with E-state index in [-0.39, 0.29) is 5.92 Å². The Bertz CT molecular complexity index is 472. The second-order valence-electron chi connectivity index (χ2n) is 5.55. The van der Waals surface area contributed by atoms with Gasteiger partial charge in [0.05, 0.1) is 6.10 Å². The van der Waals surface area contributed by atoms with Crippen molar-refractivity contribution >= 4 is 17.5 Å². The molecule has 4 N–H and O–H groups in total. The number of nitrogens with zero attached hydrogens (tertiary/aromatic N) is 1. The average molecular weight is 313 g/mol. The molecule has 0 unspecified atom stereocenters. The minimum atomic E-state index is -1.06. The van der Waals surface area contributed by atoms with Gasteiger partial charge >= 0.3 is 0 Å². The molecule has 0 saturated carbocycles. The van der Waals surface area contributed by atoms with E-state index in [1.807, 2.05) is 12.1 Å². The summed E-state index contributed by atoms with van der Waals surface area (Å²) in [6, 6.07) is 7.15. The second-order valence-corrected chi connectivity index (χ2v) is 5.99. The number of hydrogen-bond acceptors (Lipinski definition) is 4. The Morgan fingerprint density at radius 2 is 1.86 bits per heavy atom. The molecule has 1 aliphatic rings. The predicted molar refractivity (Wildman–Crippen MR) is 80.8 cm³/mol. The summed E-state index contributed by atoms with van der Waals surface area (Å²) in [7, 11) is 0. The lowest BCUT2D eigenvalue weighted by Crippen LogP contribution is -2.43. The molecule has 1 aromatic rings. The smallest absolute Gasteiger partial charge is 0.246 e. The van der Waals surface area contributed by atoms with Crippen molar-refractivity contribution in [2.45, 2.75) is 25.0 Å². The van der Waals surface area contributed by atoms with Crippen LogP contribution in [0.25, 0.3) is 0 Å². The van der Waals surface area contributed by atoms with Crippen LogP contribution in [0.3, 0.4) is 0 Å². The number of β-amino-alcohol motifs (C(OH)–C–C–N with tert-alkyl or cyclic N) is 1. The number of amides is 1. The second kappa shape index (κ2) is 7.22. The van der Waals surface area contributed by atoms with Crippen molar-refractivity contribution < 1.29 is 15.0 Å². The van der Waals surface area contributed by atoms with E-state index in [1.54, 1.807) is 12.1 Å². The van der Waals surface area contributed by atoms with Crippen molar-refractivity contribution in [1.29, 1.82) is 0 Å². The molecule has 0 bridgehead atoms. The molecule has 1 saturated heterocycles. The largest absolute Gasteiger partial charge is 0.387 e. The summed E-state index contributed by atoms with van der Waals surface area (Å²) in [5, 5.41) is 20.5. The fourth-order valence-corrected chi connectivity index (χ4v) is 2.84. The number of benzene rings is 1. The average Bonchev–Trinajstić information content (AvgIpc) is 2.47. The van der Waals surface area contributed by atoms with Gasteiger partial charge in [-0.3, -0.25) is 4.79 Å². The standard InChI is InChI=1S/C15H21ClN2O3/c16-12-3-1-10(2-4-12)13(19)9-18-7-5-11(6-8-18)14(20)15(17)21/h1-4,11,13-14,19-20H,5-9H2,(H2,17,21)/t13-,14-/m1/s1. The van der Waals surface area contributed by atoms with Crippen molar-refractivity contribution in [2.24, 2.45) is 11.7 Å². The highest BCUT2D eigenvalue weighted by Gasteiger charge is 2.29. The van der Waals surface area contributed by atoms with Crippen LogP contribution >= 0.6 is 11.6 Å². The Morgan fingerprint density at radius 1 is 1.29 bits per heavy atom. The van der Waals surface area contributed by atoms with Gasteiger partial charge in [0.1, 0.15) is 6.10 Å². The zero-order chi connectivity index (χ0) is 15.4. The molecule has 0 spiro atoms. The van der Waals surface area contributed by atoms with E-state index >= 15 is 0 Å². The van der Waals surface area contributed by atoms with Crippen molar-refractivity contribution in [2.75, 3.05) is 19.6 Å². The van der Waals surface area contributed by atoms with Gasteiger partial charge in [-0.05, 0) is 49.5 Å². The molecule has 1 aromatic carbocycles. The van der Waals surface area contributed by atoms with Crippen LogP contribution in [0.4, 0.5) is 0 Å². The minimum absolute atomic E-state index is 0.0774. The van der Waals surface area contributed by atoms with E-state index in [9.17, 15) is 15.0 Å². The summed E-state index contributed by atoms with van der Waals surface area (Å²) >= 11 is 5.83. The SMILES string of the molecule is NC(=O)[C@H](O)C1CCN(C[C@@H](O)c2ccc(Cl)cc2)CC1. The van der Waals surface area contributed by atoms with E-state index in [0.29, 0.717) is 24.4 Å². The molecule has 0 aliphatic carbocycles. The Kier molecular flexibility index (Phi) is 5.58. The molecular formula is C15H21ClN2O3. The number of piperidine rings is 1. The number of aliphatic hydroxyl groups is 2. The first kappa shape index (κ1) is 16.2. The first-order chi connectivity index (χ1) is 9.97. The highest BCUT2D eigenvalue weighted by atomic mass is 35.5. The fourth-order valence-electron chi connectivity index (χ4n) is 2.72. The molecule has 1 amide bonds. The lowest BCUT2D eigenvalue weighted by molar-refractivity contribution is -0.129. The Balaban J connectivity index is 1.83. The Morgan fingerprint density at radius 3 is 2.38 bits per heavy atom. The van der Waals surface area contributed by atoms with Gasteiger partial charge in [-0.1, -0.05) is 23.7 Å². The van der Waals surface area contributed by atoms with E-state index in [0.717, 1.165) is 18.7 Å². The van der Waals surface area contributed by atoms with Crippen LogP contribution in [0.15, 0.2) is 24.3 Å². The van der Waals surface area contributed by atoms with Crippen molar-refractivity contribution in [3.8, 4) is 0 Å². The molecule has 2 rings (SSSR count). The summed E-state index contributed by atoms with van der Waals surface area (Å²) in [5.41, 5.74) is 5.95. The van der Waals surface area contributed by atoms with Gasteiger partial charge in [-0.2, -0.15) is 0 Å². The van der Waals surface area contributed by atoms with E-state index in [4.69, 9.17) is 17.3 Å². The molecule has 1 aliphatic heterocycles. The van der Waals surface area contributed by atoms with Gasteiger partial charge < -0.3 is 20.8 Å². The zero-order valence-electron chi connectivity index (χ0n) is 11.8. The summed E-state index contributed by atoms with van der Waals surface area (Å²) in [4.78, 5) is 13.1. The topological polar surface area (TPSA) is 86.8 Å². The number of aliphatic hydroxyl groups excluding tert-OH is 2. The Hall–Kier alpha value is -1.14. The van der Waals surface area contributed by atoms with Gasteiger partial charge in [0.2, 0.25) is 5.91 Å². The number of primary amides is 1. The fraction of sp³-hybridized carbons (Fsp3) is 0.533. The van der Waals surface area contributed by atoms with Gasteiger partial charge in [0.15, 0.2) is 0 Å². The van der Waals surface area contributed by atoms with Crippen LogP contribution in [0.5, 0.6) is 0 Å². The Labute approximate surface area is 129 Å². The molecule has 116 valence electrons. The highest BCUT2D eigenvalue weighted by molar-refractivity contribution is 6.30. The molecule has 0 radical (unpaired) electrons. The monoisotopic (exact) mass is 312 g/mol. The van der Waals surface area contributed by atoms with Gasteiger partial charge in [-0.15, -0.1) is 0 Å². The van der Waals surface area contributed by atoms with Crippen LogP contribution < -0.4 is 5.73 Å². The molecule has 2 atom stereocenters. The minimum Gasteiger partial charge on any atom is -0.387 e. The summed E-state index contributed by atoms with van der Waals surface area (Å²) in [6.45, 7) is 2.00. The number of halogens is 1. The zero-order valence-corrected chi connectivity index (χ0v) is 12.5. The molecule has 1 heterocycles. The van der Waals surface area contributed by atoms with Gasteiger partial charge in [-0.25, -0.2) is 0 Å². The quantitative estimate of drug-likeness (QED) is 0.755. The maximum absolute atomic E-state index is 11.0. The van der Waals surface area contributed by atoms with E-state index < -0.39 is 18.1 Å². The van der Waals surface area contributed by atoms with Crippen molar-refractivity contribution in [3.63, 3.8) is 0 Å². The number of rotatable bonds is 5. The number of carbonyl (C=O) groups excluding carboxylic acids is 1. The third kappa shape index (κ3) is 4.41. The van der Waals surface area contributed by atoms with Crippen LogP contribution in [0.1, 0.15) is 24.5 Å². The van der Waals surface area contributed by atoms with E-state index in [1.165, 1.54) is 0 Å². The van der Waals surface area contributed by atoms with E-state index in [2.05, 4.69) is 4.90 Å². The predicted octanol–water partition coefficient (Wildman–Crippen LogP) is 0.932. The van der Waals surface area contributed by atoms with Gasteiger partial charge in [0.25, 0.3) is 0 Å². The van der Waals surface area contributed by atoms with Crippen LogP contribution in [-0.2, 0) is 4.79 Å². The van der Waals surface area contributed by atoms with Crippen LogP contribution in [0.2, 0.25) is 5.02 Å². The number of likely N-dealkylation sites (tertiary alicyclic amines) is 1. The first-order valence-corrected chi connectivity index (χ1v) is 7.48. The molecular weight excluding hydrogens is 292 g/mol. The highest BCUT2D eigenvalue weighted by Crippen LogP contribution is 2.23. The first-order valence-electron chi connectivity index (χ1n) is 7.10. The summed E-state index contributed by atoms with van der Waals surface area (Å²) < 4.78 is 0. The number of hydrogen-bond donors (Lipinski definition) is 3. The number of nitrogens with two attached hydrogens (primary N) is 1. The number of carbonyl (C=O) groups is 1. The maximum Gasteiger partial charge on any atom is 0.246 e. The third-order valence-electron chi connectivity index (χ3n) is 4.06. The van der Waals surface area contributed by atoms with Crippen molar-refractivity contribution in [3.05, 3.63) is 34.9 Å². The van der Waals surface area contributed by atoms with Crippen LogP contribution in [0, 0.1) is 5.92 Å². The molecule has 0 aromatic heterocycles. The molecule has 5 nitrogen and oxygen atoms in total. The lowest BCUT2D eigenvalue weighted by Gasteiger charge is -2.34. The van der Waals surface area contributed by atoms with Crippen LogP contribution in [-0.4, -0.2) is 46.8 Å². The van der Waals surface area contributed by atoms with Crippen molar-refractivity contribution in [1.82, 2.24) is 4.90 Å².